The second-order valence-electron chi connectivity index (χ2n) is 10.8. The third-order valence-electron chi connectivity index (χ3n) is 7.64. The van der Waals surface area contributed by atoms with E-state index in [2.05, 4.69) is 49.6 Å². The van der Waals surface area contributed by atoms with Crippen molar-refractivity contribution in [3.63, 3.8) is 0 Å². The van der Waals surface area contributed by atoms with E-state index in [1.807, 2.05) is 0 Å². The molecular weight excluding hydrogens is 400 g/mol. The van der Waals surface area contributed by atoms with E-state index in [9.17, 15) is 0 Å². The van der Waals surface area contributed by atoms with Crippen molar-refractivity contribution in [1.29, 1.82) is 0 Å². The molecule has 0 saturated heterocycles. The average Bonchev–Trinajstić information content (AvgIpc) is 3.31. The fourth-order valence-electron chi connectivity index (χ4n) is 5.35. The zero-order valence-electron chi connectivity index (χ0n) is 23.3. The molecule has 1 aromatic heterocycles. The minimum Gasteiger partial charge on any atom is -0.247 e. The van der Waals surface area contributed by atoms with Gasteiger partial charge in [-0.05, 0) is 32.6 Å². The number of hydrogen-bond donors (Lipinski definition) is 1. The summed E-state index contributed by atoms with van der Waals surface area (Å²) in [5, 5.41) is 0. The lowest BCUT2D eigenvalue weighted by Crippen LogP contribution is -2.41. The predicted octanol–water partition coefficient (Wildman–Crippen LogP) is 10.6. The summed E-state index contributed by atoms with van der Waals surface area (Å²) in [6, 6.07) is 0.621. The molecule has 1 aromatic rings. The number of imidazole rings is 1. The molecule has 0 amide bonds. The summed E-state index contributed by atoms with van der Waals surface area (Å²) in [6.07, 6.45) is 35.4. The van der Waals surface area contributed by atoms with Crippen LogP contribution in [-0.2, 0) is 0 Å². The fraction of sp³-hybridized carbons (Fsp3) is 0.903. The van der Waals surface area contributed by atoms with Gasteiger partial charge in [0.2, 0.25) is 0 Å². The van der Waals surface area contributed by atoms with Crippen LogP contribution in [0.2, 0.25) is 0 Å². The Labute approximate surface area is 208 Å². The Hall–Kier alpha value is -0.790. The summed E-state index contributed by atoms with van der Waals surface area (Å²) in [7, 11) is 0. The molecule has 2 nitrogen and oxygen atoms in total. The van der Waals surface area contributed by atoms with E-state index in [-0.39, 0.29) is 0 Å². The van der Waals surface area contributed by atoms with Crippen molar-refractivity contribution in [1.82, 2.24) is 4.98 Å². The van der Waals surface area contributed by atoms with Crippen molar-refractivity contribution in [2.24, 2.45) is 0 Å². The molecular formula is C31H61N2+. The predicted molar refractivity (Wildman–Crippen MR) is 147 cm³/mol. The molecule has 0 fully saturated rings. The van der Waals surface area contributed by atoms with Crippen LogP contribution in [0, 0.1) is 0 Å². The second kappa shape index (κ2) is 21.7. The van der Waals surface area contributed by atoms with Gasteiger partial charge in [-0.15, -0.1) is 0 Å². The molecule has 1 rings (SSSR count). The molecule has 1 N–H and O–H groups in total. The van der Waals surface area contributed by atoms with Crippen molar-refractivity contribution in [3.05, 3.63) is 18.2 Å². The number of H-pyrrole nitrogens is 1. The Morgan fingerprint density at radius 1 is 0.576 bits per heavy atom. The van der Waals surface area contributed by atoms with Crippen LogP contribution in [0.4, 0.5) is 0 Å². The Morgan fingerprint density at radius 2 is 1.00 bits per heavy atom. The first-order chi connectivity index (χ1) is 16.2. The van der Waals surface area contributed by atoms with E-state index in [0.29, 0.717) is 12.0 Å². The molecule has 2 heteroatoms. The van der Waals surface area contributed by atoms with Crippen LogP contribution in [0.25, 0.3) is 0 Å². The van der Waals surface area contributed by atoms with Gasteiger partial charge in [-0.1, -0.05) is 136 Å². The van der Waals surface area contributed by atoms with Crippen LogP contribution in [0.5, 0.6) is 0 Å². The highest BCUT2D eigenvalue weighted by molar-refractivity contribution is 4.90. The van der Waals surface area contributed by atoms with Crippen LogP contribution in [-0.4, -0.2) is 4.98 Å². The van der Waals surface area contributed by atoms with Crippen molar-refractivity contribution in [2.45, 2.75) is 181 Å². The number of nitrogens with zero attached hydrogens (tertiary/aromatic N) is 1. The molecule has 0 aliphatic rings. The van der Waals surface area contributed by atoms with Gasteiger partial charge in [0.15, 0.2) is 0 Å². The highest BCUT2D eigenvalue weighted by Gasteiger charge is 2.25. The summed E-state index contributed by atoms with van der Waals surface area (Å²) in [4.78, 5) is 3.67. The molecule has 0 aliphatic heterocycles. The topological polar surface area (TPSA) is 19.7 Å². The van der Waals surface area contributed by atoms with Gasteiger partial charge in [0.05, 0.1) is 12.0 Å². The first kappa shape index (κ1) is 30.2. The minimum absolute atomic E-state index is 0.621. The maximum atomic E-state index is 3.67. The van der Waals surface area contributed by atoms with Crippen LogP contribution >= 0.6 is 0 Å². The summed E-state index contributed by atoms with van der Waals surface area (Å²) < 4.78 is 2.58. The Morgan fingerprint density at radius 3 is 1.45 bits per heavy atom. The molecule has 2 atom stereocenters. The molecule has 194 valence electrons. The van der Waals surface area contributed by atoms with Gasteiger partial charge in [-0.3, -0.25) is 0 Å². The van der Waals surface area contributed by atoms with Gasteiger partial charge in [0.1, 0.15) is 12.4 Å². The molecule has 33 heavy (non-hydrogen) atoms. The molecule has 1 heterocycles. The zero-order chi connectivity index (χ0) is 24.0. The summed E-state index contributed by atoms with van der Waals surface area (Å²) in [5.74, 6) is 2.23. The lowest BCUT2D eigenvalue weighted by molar-refractivity contribution is -0.727. The second-order valence-corrected chi connectivity index (χ2v) is 10.8. The van der Waals surface area contributed by atoms with Gasteiger partial charge in [0.25, 0.3) is 5.82 Å². The van der Waals surface area contributed by atoms with Crippen LogP contribution in [0.15, 0.2) is 12.4 Å². The monoisotopic (exact) mass is 461 g/mol. The molecule has 0 spiro atoms. The third kappa shape index (κ3) is 14.9. The molecule has 0 radical (unpaired) electrons. The lowest BCUT2D eigenvalue weighted by Gasteiger charge is -2.17. The highest BCUT2D eigenvalue weighted by Crippen LogP contribution is 2.27. The van der Waals surface area contributed by atoms with Gasteiger partial charge in [0, 0.05) is 0 Å². The summed E-state index contributed by atoms with van der Waals surface area (Å²) in [6.45, 7) is 9.34. The van der Waals surface area contributed by atoms with Gasteiger partial charge in [-0.25, -0.2) is 9.55 Å². The molecule has 0 bridgehead atoms. The fourth-order valence-corrected chi connectivity index (χ4v) is 5.35. The Kier molecular flexibility index (Phi) is 19.9. The Bertz CT molecular complexity index is 521. The van der Waals surface area contributed by atoms with E-state index in [1.54, 1.807) is 0 Å². The number of aromatic amines is 1. The van der Waals surface area contributed by atoms with E-state index in [0.717, 1.165) is 0 Å². The quantitative estimate of drug-likeness (QED) is 0.117. The maximum absolute atomic E-state index is 3.67. The molecule has 0 saturated carbocycles. The number of nitrogens with one attached hydrogen (secondary N) is 1. The normalized spacial score (nSPS) is 13.5. The smallest absolute Gasteiger partial charge is 0.247 e. The van der Waals surface area contributed by atoms with Gasteiger partial charge >= 0.3 is 0 Å². The summed E-state index contributed by atoms with van der Waals surface area (Å²) >= 11 is 0. The van der Waals surface area contributed by atoms with Crippen molar-refractivity contribution in [2.75, 3.05) is 0 Å². The van der Waals surface area contributed by atoms with Crippen LogP contribution in [0.1, 0.15) is 187 Å². The molecule has 0 aromatic carbocycles. The number of rotatable bonds is 24. The maximum Gasteiger partial charge on any atom is 0.257 e. The Balaban J connectivity index is 2.35. The van der Waals surface area contributed by atoms with Crippen molar-refractivity contribution < 1.29 is 4.57 Å². The lowest BCUT2D eigenvalue weighted by atomic mass is 9.93. The number of aromatic nitrogens is 2. The zero-order valence-corrected chi connectivity index (χ0v) is 23.3. The van der Waals surface area contributed by atoms with E-state index >= 15 is 0 Å². The number of hydrogen-bond acceptors (Lipinski definition) is 0. The van der Waals surface area contributed by atoms with Crippen LogP contribution in [0.3, 0.4) is 0 Å². The van der Waals surface area contributed by atoms with Crippen LogP contribution < -0.4 is 4.57 Å². The highest BCUT2D eigenvalue weighted by atomic mass is 15.1. The SMILES string of the molecule is CCCCCCCCCCCCCCC(CCCCCCC)c1[nH]cc[n+]1C(C)CCCC. The minimum atomic E-state index is 0.621. The summed E-state index contributed by atoms with van der Waals surface area (Å²) in [5.41, 5.74) is 0. The van der Waals surface area contributed by atoms with Crippen molar-refractivity contribution in [3.8, 4) is 0 Å². The first-order valence-corrected chi connectivity index (χ1v) is 15.3. The molecule has 0 aliphatic carbocycles. The molecule has 2 unspecified atom stereocenters. The van der Waals surface area contributed by atoms with Gasteiger partial charge in [-0.2, -0.15) is 0 Å². The van der Waals surface area contributed by atoms with Crippen molar-refractivity contribution >= 4 is 0 Å². The van der Waals surface area contributed by atoms with E-state index in [1.165, 1.54) is 147 Å². The largest absolute Gasteiger partial charge is 0.257 e. The number of unbranched alkanes of at least 4 members (excludes halogenated alkanes) is 16. The average molecular weight is 462 g/mol. The van der Waals surface area contributed by atoms with E-state index in [4.69, 9.17) is 0 Å². The first-order valence-electron chi connectivity index (χ1n) is 15.3. The third-order valence-corrected chi connectivity index (χ3v) is 7.64. The van der Waals surface area contributed by atoms with E-state index < -0.39 is 0 Å². The van der Waals surface area contributed by atoms with Gasteiger partial charge < -0.3 is 0 Å². The standard InChI is InChI=1S/C31H60N2/c1-5-8-11-13-14-15-16-17-18-19-21-23-26-30(25-22-20-12-9-6-2)31-32-27-28-33(31)29(4)24-10-7-3/h27-30H,5-26H2,1-4H3/p+1.